The molecule has 0 aliphatic carbocycles. The van der Waals surface area contributed by atoms with Crippen molar-refractivity contribution in [3.63, 3.8) is 0 Å². The minimum Gasteiger partial charge on any atom is -0.495 e. The van der Waals surface area contributed by atoms with Crippen LogP contribution in [0.5, 0.6) is 5.75 Å². The lowest BCUT2D eigenvalue weighted by molar-refractivity contribution is -0.142. The quantitative estimate of drug-likeness (QED) is 0.908. The molecule has 1 aromatic rings. The van der Waals surface area contributed by atoms with Crippen LogP contribution in [0.1, 0.15) is 12.8 Å². The van der Waals surface area contributed by atoms with E-state index in [4.69, 9.17) is 21.4 Å². The van der Waals surface area contributed by atoms with Gasteiger partial charge in [0.05, 0.1) is 13.0 Å². The Hall–Kier alpha value is -1.31. The molecule has 0 spiro atoms. The fourth-order valence-corrected chi connectivity index (χ4v) is 4.18. The van der Waals surface area contributed by atoms with E-state index in [9.17, 15) is 13.2 Å². The van der Waals surface area contributed by atoms with E-state index in [0.717, 1.165) is 0 Å². The fraction of sp³-hybridized carbons (Fsp3) is 0.462. The van der Waals surface area contributed by atoms with Crippen LogP contribution < -0.4 is 4.74 Å². The van der Waals surface area contributed by atoms with Gasteiger partial charge in [0.1, 0.15) is 10.6 Å². The number of carboxylic acid groups (broad SMARTS) is 1. The zero-order valence-corrected chi connectivity index (χ0v) is 13.0. The second kappa shape index (κ2) is 6.21. The van der Waals surface area contributed by atoms with Gasteiger partial charge in [0.15, 0.2) is 0 Å². The average molecular weight is 334 g/mol. The Kier molecular flexibility index (Phi) is 4.75. The maximum Gasteiger partial charge on any atom is 0.307 e. The molecule has 116 valence electrons. The average Bonchev–Trinajstić information content (AvgIpc) is 2.46. The number of hydrogen-bond acceptors (Lipinski definition) is 4. The molecule has 0 aromatic heterocycles. The van der Waals surface area contributed by atoms with Gasteiger partial charge in [-0.1, -0.05) is 11.6 Å². The molecule has 6 nitrogen and oxygen atoms in total. The molecule has 0 amide bonds. The van der Waals surface area contributed by atoms with Gasteiger partial charge in [-0.05, 0) is 25.0 Å². The summed E-state index contributed by atoms with van der Waals surface area (Å²) in [5.41, 5.74) is 0. The first-order valence-electron chi connectivity index (χ1n) is 6.42. The van der Waals surface area contributed by atoms with E-state index in [-0.39, 0.29) is 17.2 Å². The molecular weight excluding hydrogens is 318 g/mol. The van der Waals surface area contributed by atoms with Crippen molar-refractivity contribution in [2.45, 2.75) is 17.7 Å². The minimum absolute atomic E-state index is 0.000406. The number of ether oxygens (including phenoxy) is 1. The standard InChI is InChI=1S/C13H16ClNO5S/c1-20-11-7-10(14)4-5-12(11)21(18,19)15-6-2-3-9(8-15)13(16)17/h4-5,7,9H,2-3,6,8H2,1H3,(H,16,17)/t9-/m1/s1. The van der Waals surface area contributed by atoms with Crippen LogP contribution in [0, 0.1) is 5.92 Å². The molecule has 1 aliphatic heterocycles. The molecular formula is C13H16ClNO5S. The van der Waals surface area contributed by atoms with Gasteiger partial charge in [0, 0.05) is 24.2 Å². The molecule has 1 heterocycles. The van der Waals surface area contributed by atoms with Crippen LogP contribution in [0.25, 0.3) is 0 Å². The van der Waals surface area contributed by atoms with E-state index < -0.39 is 21.9 Å². The van der Waals surface area contributed by atoms with Crippen LogP contribution in [0.2, 0.25) is 5.02 Å². The number of nitrogens with zero attached hydrogens (tertiary/aromatic N) is 1. The number of hydrogen-bond donors (Lipinski definition) is 1. The summed E-state index contributed by atoms with van der Waals surface area (Å²) in [4.78, 5) is 11.1. The second-order valence-corrected chi connectivity index (χ2v) is 7.18. The lowest BCUT2D eigenvalue weighted by Crippen LogP contribution is -2.42. The predicted octanol–water partition coefficient (Wildman–Crippen LogP) is 1.83. The highest BCUT2D eigenvalue weighted by atomic mass is 35.5. The van der Waals surface area contributed by atoms with Gasteiger partial charge < -0.3 is 9.84 Å². The molecule has 2 rings (SSSR count). The van der Waals surface area contributed by atoms with Gasteiger partial charge in [-0.2, -0.15) is 4.31 Å². The van der Waals surface area contributed by atoms with E-state index in [0.29, 0.717) is 24.4 Å². The zero-order chi connectivity index (χ0) is 15.6. The van der Waals surface area contributed by atoms with Gasteiger partial charge in [-0.25, -0.2) is 8.42 Å². The Morgan fingerprint density at radius 2 is 2.19 bits per heavy atom. The molecule has 1 aliphatic rings. The third-order valence-electron chi connectivity index (χ3n) is 3.48. The summed E-state index contributed by atoms with van der Waals surface area (Å²) in [7, 11) is -2.44. The molecule has 1 fully saturated rings. The number of halogens is 1. The largest absolute Gasteiger partial charge is 0.495 e. The Morgan fingerprint density at radius 1 is 1.48 bits per heavy atom. The molecule has 1 atom stereocenters. The molecule has 0 saturated carbocycles. The van der Waals surface area contributed by atoms with E-state index >= 15 is 0 Å². The molecule has 1 N–H and O–H groups in total. The SMILES string of the molecule is COc1cc(Cl)ccc1S(=O)(=O)N1CCC[C@@H](C(=O)O)C1. The first-order chi connectivity index (χ1) is 9.86. The van der Waals surface area contributed by atoms with Gasteiger partial charge in [-0.15, -0.1) is 0 Å². The maximum absolute atomic E-state index is 12.7. The lowest BCUT2D eigenvalue weighted by Gasteiger charge is -2.30. The van der Waals surface area contributed by atoms with Crippen molar-refractivity contribution in [1.82, 2.24) is 4.31 Å². The van der Waals surface area contributed by atoms with Crippen LogP contribution in [0.4, 0.5) is 0 Å². The molecule has 1 aromatic carbocycles. The highest BCUT2D eigenvalue weighted by molar-refractivity contribution is 7.89. The van der Waals surface area contributed by atoms with Gasteiger partial charge in [0.2, 0.25) is 10.0 Å². The van der Waals surface area contributed by atoms with Gasteiger partial charge in [0.25, 0.3) is 0 Å². The topological polar surface area (TPSA) is 83.9 Å². The number of piperidine rings is 1. The summed E-state index contributed by atoms with van der Waals surface area (Å²) in [6.45, 7) is 0.279. The van der Waals surface area contributed by atoms with Gasteiger partial charge >= 0.3 is 5.97 Å². The number of carboxylic acids is 1. The molecule has 1 saturated heterocycles. The van der Waals surface area contributed by atoms with Crippen LogP contribution in [-0.2, 0) is 14.8 Å². The van der Waals surface area contributed by atoms with Crippen LogP contribution in [-0.4, -0.2) is 44.0 Å². The number of methoxy groups -OCH3 is 1. The highest BCUT2D eigenvalue weighted by Crippen LogP contribution is 2.31. The molecule has 0 bridgehead atoms. The summed E-state index contributed by atoms with van der Waals surface area (Å²) in [5, 5.41) is 9.43. The van der Waals surface area contributed by atoms with Crippen molar-refractivity contribution < 1.29 is 23.1 Å². The van der Waals surface area contributed by atoms with Crippen molar-refractivity contribution in [2.75, 3.05) is 20.2 Å². The molecule has 21 heavy (non-hydrogen) atoms. The summed E-state index contributed by atoms with van der Waals surface area (Å²) in [5.74, 6) is -1.50. The predicted molar refractivity (Wildman–Crippen MR) is 77.1 cm³/mol. The molecule has 0 unspecified atom stereocenters. The van der Waals surface area contributed by atoms with Crippen molar-refractivity contribution in [3.05, 3.63) is 23.2 Å². The molecule has 0 radical (unpaired) electrons. The maximum atomic E-state index is 12.7. The Morgan fingerprint density at radius 3 is 2.81 bits per heavy atom. The van der Waals surface area contributed by atoms with Crippen molar-refractivity contribution >= 4 is 27.6 Å². The fourth-order valence-electron chi connectivity index (χ4n) is 2.36. The van der Waals surface area contributed by atoms with Crippen LogP contribution >= 0.6 is 11.6 Å². The van der Waals surface area contributed by atoms with E-state index in [1.165, 1.54) is 29.6 Å². The summed E-state index contributed by atoms with van der Waals surface area (Å²) < 4.78 is 31.6. The Labute approximate surface area is 128 Å². The number of benzene rings is 1. The lowest BCUT2D eigenvalue weighted by atomic mass is 10.0. The smallest absolute Gasteiger partial charge is 0.307 e. The Bertz CT molecular complexity index is 646. The monoisotopic (exact) mass is 333 g/mol. The highest BCUT2D eigenvalue weighted by Gasteiger charge is 2.34. The third kappa shape index (κ3) is 3.30. The van der Waals surface area contributed by atoms with E-state index in [2.05, 4.69) is 0 Å². The normalized spacial score (nSPS) is 20.2. The number of sulfonamides is 1. The van der Waals surface area contributed by atoms with Crippen molar-refractivity contribution in [3.8, 4) is 5.75 Å². The second-order valence-electron chi connectivity index (χ2n) is 4.84. The van der Waals surface area contributed by atoms with E-state index in [1.54, 1.807) is 0 Å². The summed E-state index contributed by atoms with van der Waals surface area (Å²) in [6.07, 6.45) is 1.01. The van der Waals surface area contributed by atoms with Crippen LogP contribution in [0.3, 0.4) is 0 Å². The van der Waals surface area contributed by atoms with Gasteiger partial charge in [-0.3, -0.25) is 4.79 Å². The number of rotatable bonds is 4. The van der Waals surface area contributed by atoms with Crippen molar-refractivity contribution in [1.29, 1.82) is 0 Å². The Balaban J connectivity index is 2.36. The first-order valence-corrected chi connectivity index (χ1v) is 8.24. The van der Waals surface area contributed by atoms with Crippen LogP contribution in [0.15, 0.2) is 23.1 Å². The first kappa shape index (κ1) is 16.1. The molecule has 8 heteroatoms. The summed E-state index contributed by atoms with van der Waals surface area (Å²) >= 11 is 5.83. The number of aliphatic carboxylic acids is 1. The zero-order valence-electron chi connectivity index (χ0n) is 11.5. The number of carbonyl (C=O) groups is 1. The third-order valence-corrected chi connectivity index (χ3v) is 5.62. The van der Waals surface area contributed by atoms with Crippen molar-refractivity contribution in [2.24, 2.45) is 5.92 Å². The van der Waals surface area contributed by atoms with E-state index in [1.807, 2.05) is 0 Å². The minimum atomic E-state index is -3.80. The summed E-state index contributed by atoms with van der Waals surface area (Å²) in [6, 6.07) is 4.27.